The Balaban J connectivity index is 2.02. The van der Waals surface area contributed by atoms with Gasteiger partial charge in [-0.25, -0.2) is 0 Å². The van der Waals surface area contributed by atoms with E-state index in [0.717, 1.165) is 11.3 Å². The molecule has 1 atom stereocenters. The molecule has 116 valence electrons. The Labute approximate surface area is 140 Å². The third-order valence-electron chi connectivity index (χ3n) is 3.24. The van der Waals surface area contributed by atoms with Crippen LogP contribution < -0.4 is 10.6 Å². The lowest BCUT2D eigenvalue weighted by Crippen LogP contribution is -2.28. The van der Waals surface area contributed by atoms with Gasteiger partial charge in [-0.15, -0.1) is 0 Å². The maximum absolute atomic E-state index is 12.2. The Hall–Kier alpha value is -2.77. The number of carbonyl (C=O) groups excluding carboxylic acids is 1. The van der Waals surface area contributed by atoms with Crippen LogP contribution in [-0.2, 0) is 4.79 Å². The van der Waals surface area contributed by atoms with Crippen LogP contribution in [0.1, 0.15) is 18.5 Å². The topological polar surface area (TPSA) is 64.9 Å². The lowest BCUT2D eigenvalue weighted by Gasteiger charge is -2.13. The van der Waals surface area contributed by atoms with Crippen LogP contribution in [0.5, 0.6) is 0 Å². The minimum atomic E-state index is -0.426. The van der Waals surface area contributed by atoms with E-state index in [4.69, 9.17) is 16.9 Å². The molecule has 1 amide bonds. The minimum absolute atomic E-state index is 0.00253. The van der Waals surface area contributed by atoms with Gasteiger partial charge in [0.15, 0.2) is 0 Å². The van der Waals surface area contributed by atoms with Crippen molar-refractivity contribution >= 4 is 23.2 Å². The highest BCUT2D eigenvalue weighted by molar-refractivity contribution is 6.30. The predicted molar refractivity (Wildman–Crippen MR) is 91.8 cm³/mol. The molecular formula is C18H16ClN3O. The summed E-state index contributed by atoms with van der Waals surface area (Å²) in [5.41, 5.74) is 1.72. The van der Waals surface area contributed by atoms with E-state index in [1.165, 1.54) is 6.20 Å². The van der Waals surface area contributed by atoms with E-state index in [9.17, 15) is 4.79 Å². The summed E-state index contributed by atoms with van der Waals surface area (Å²) >= 11 is 5.81. The third-order valence-corrected chi connectivity index (χ3v) is 3.49. The smallest absolute Gasteiger partial charge is 0.263 e. The lowest BCUT2D eigenvalue weighted by atomic mass is 10.1. The molecule has 0 bridgehead atoms. The average molecular weight is 326 g/mol. The average Bonchev–Trinajstić information content (AvgIpc) is 2.58. The van der Waals surface area contributed by atoms with Crippen molar-refractivity contribution in [2.24, 2.45) is 0 Å². The van der Waals surface area contributed by atoms with E-state index in [1.54, 1.807) is 24.3 Å². The molecule has 2 rings (SSSR count). The Morgan fingerprint density at radius 1 is 1.17 bits per heavy atom. The highest BCUT2D eigenvalue weighted by Gasteiger charge is 2.13. The van der Waals surface area contributed by atoms with Gasteiger partial charge in [-0.05, 0) is 36.8 Å². The third kappa shape index (κ3) is 4.87. The standard InChI is InChI=1S/C18H16ClN3O/c1-13(14-5-3-2-4-6-14)22-18(23)15(11-20)12-21-17-9-7-16(19)8-10-17/h2-10,12-13,21H,1H3,(H,22,23)/b15-12-. The second-order valence-electron chi connectivity index (χ2n) is 4.93. The van der Waals surface area contributed by atoms with Crippen molar-refractivity contribution in [2.75, 3.05) is 5.32 Å². The van der Waals surface area contributed by atoms with Gasteiger partial charge in [-0.3, -0.25) is 4.79 Å². The molecule has 0 fully saturated rings. The van der Waals surface area contributed by atoms with Gasteiger partial charge >= 0.3 is 0 Å². The summed E-state index contributed by atoms with van der Waals surface area (Å²) in [5.74, 6) is -0.426. The first-order chi connectivity index (χ1) is 11.1. The van der Waals surface area contributed by atoms with E-state index < -0.39 is 5.91 Å². The van der Waals surface area contributed by atoms with Crippen molar-refractivity contribution in [3.05, 3.63) is 77.0 Å². The molecule has 0 aliphatic carbocycles. The van der Waals surface area contributed by atoms with Gasteiger partial charge < -0.3 is 10.6 Å². The molecule has 0 aliphatic rings. The van der Waals surface area contributed by atoms with Crippen LogP contribution in [0.2, 0.25) is 5.02 Å². The molecule has 2 N–H and O–H groups in total. The van der Waals surface area contributed by atoms with Gasteiger partial charge in [0, 0.05) is 16.9 Å². The molecule has 0 radical (unpaired) electrons. The van der Waals surface area contributed by atoms with Crippen LogP contribution >= 0.6 is 11.6 Å². The van der Waals surface area contributed by atoms with E-state index in [-0.39, 0.29) is 11.6 Å². The lowest BCUT2D eigenvalue weighted by molar-refractivity contribution is -0.117. The van der Waals surface area contributed by atoms with Crippen molar-refractivity contribution in [1.29, 1.82) is 5.26 Å². The largest absolute Gasteiger partial charge is 0.360 e. The summed E-state index contributed by atoms with van der Waals surface area (Å²) in [5, 5.41) is 15.5. The zero-order chi connectivity index (χ0) is 16.7. The summed E-state index contributed by atoms with van der Waals surface area (Å²) in [6.07, 6.45) is 1.39. The number of nitrogens with one attached hydrogen (secondary N) is 2. The first-order valence-corrected chi connectivity index (χ1v) is 7.46. The molecule has 1 unspecified atom stereocenters. The summed E-state index contributed by atoms with van der Waals surface area (Å²) in [6, 6.07) is 18.3. The fourth-order valence-electron chi connectivity index (χ4n) is 1.95. The van der Waals surface area contributed by atoms with Crippen LogP contribution in [0.25, 0.3) is 0 Å². The number of benzene rings is 2. The Morgan fingerprint density at radius 3 is 2.43 bits per heavy atom. The van der Waals surface area contributed by atoms with Crippen molar-refractivity contribution < 1.29 is 4.79 Å². The molecule has 2 aromatic carbocycles. The maximum Gasteiger partial charge on any atom is 0.263 e. The second kappa shape index (κ2) is 8.02. The minimum Gasteiger partial charge on any atom is -0.360 e. The van der Waals surface area contributed by atoms with E-state index >= 15 is 0 Å². The number of nitriles is 1. The molecule has 0 spiro atoms. The number of nitrogens with zero attached hydrogens (tertiary/aromatic N) is 1. The highest BCUT2D eigenvalue weighted by atomic mass is 35.5. The van der Waals surface area contributed by atoms with Crippen molar-refractivity contribution in [3.63, 3.8) is 0 Å². The van der Waals surface area contributed by atoms with Crippen LogP contribution in [0.3, 0.4) is 0 Å². The Kier molecular flexibility index (Phi) is 5.79. The van der Waals surface area contributed by atoms with Gasteiger partial charge in [0.05, 0.1) is 6.04 Å². The van der Waals surface area contributed by atoms with Crippen molar-refractivity contribution in [3.8, 4) is 6.07 Å². The number of anilines is 1. The number of hydrogen-bond donors (Lipinski definition) is 2. The molecule has 23 heavy (non-hydrogen) atoms. The molecule has 0 aliphatic heterocycles. The fraction of sp³-hybridized carbons (Fsp3) is 0.111. The quantitative estimate of drug-likeness (QED) is 0.644. The van der Waals surface area contributed by atoms with Crippen molar-refractivity contribution in [2.45, 2.75) is 13.0 Å². The number of carbonyl (C=O) groups is 1. The molecule has 0 saturated carbocycles. The maximum atomic E-state index is 12.2. The number of halogens is 1. The molecule has 5 heteroatoms. The number of amides is 1. The van der Waals surface area contributed by atoms with E-state index in [2.05, 4.69) is 10.6 Å². The SMILES string of the molecule is CC(NC(=O)/C(C#N)=C\Nc1ccc(Cl)cc1)c1ccccc1. The Bertz CT molecular complexity index is 733. The van der Waals surface area contributed by atoms with Crippen LogP contribution in [-0.4, -0.2) is 5.91 Å². The summed E-state index contributed by atoms with van der Waals surface area (Å²) < 4.78 is 0. The van der Waals surface area contributed by atoms with Crippen LogP contribution in [0.4, 0.5) is 5.69 Å². The predicted octanol–water partition coefficient (Wildman–Crippen LogP) is 4.04. The molecule has 0 heterocycles. The van der Waals surface area contributed by atoms with Crippen LogP contribution in [0.15, 0.2) is 66.4 Å². The van der Waals surface area contributed by atoms with Crippen LogP contribution in [0, 0.1) is 11.3 Å². The highest BCUT2D eigenvalue weighted by Crippen LogP contribution is 2.14. The first-order valence-electron chi connectivity index (χ1n) is 7.08. The van der Waals surface area contributed by atoms with Crippen molar-refractivity contribution in [1.82, 2.24) is 5.32 Å². The molecule has 4 nitrogen and oxygen atoms in total. The van der Waals surface area contributed by atoms with Gasteiger partial charge in [-0.1, -0.05) is 41.9 Å². The van der Waals surface area contributed by atoms with Gasteiger partial charge in [-0.2, -0.15) is 5.26 Å². The monoisotopic (exact) mass is 325 g/mol. The molecular weight excluding hydrogens is 310 g/mol. The molecule has 2 aromatic rings. The van der Waals surface area contributed by atoms with Gasteiger partial charge in [0.1, 0.15) is 11.6 Å². The van der Waals surface area contributed by atoms with Gasteiger partial charge in [0.2, 0.25) is 0 Å². The molecule has 0 aromatic heterocycles. The second-order valence-corrected chi connectivity index (χ2v) is 5.36. The number of rotatable bonds is 5. The Morgan fingerprint density at radius 2 is 1.83 bits per heavy atom. The fourth-order valence-corrected chi connectivity index (χ4v) is 2.08. The zero-order valence-electron chi connectivity index (χ0n) is 12.6. The van der Waals surface area contributed by atoms with E-state index in [1.807, 2.05) is 43.3 Å². The zero-order valence-corrected chi connectivity index (χ0v) is 13.3. The van der Waals surface area contributed by atoms with E-state index in [0.29, 0.717) is 5.02 Å². The van der Waals surface area contributed by atoms with Gasteiger partial charge in [0.25, 0.3) is 5.91 Å². The molecule has 0 saturated heterocycles. The summed E-state index contributed by atoms with van der Waals surface area (Å²) in [6.45, 7) is 1.87. The number of hydrogen-bond acceptors (Lipinski definition) is 3. The summed E-state index contributed by atoms with van der Waals surface area (Å²) in [4.78, 5) is 12.2. The normalized spacial score (nSPS) is 12.1. The summed E-state index contributed by atoms with van der Waals surface area (Å²) in [7, 11) is 0. The first kappa shape index (κ1) is 16.6.